The summed E-state index contributed by atoms with van der Waals surface area (Å²) in [5.74, 6) is 7.00. The maximum absolute atomic E-state index is 7.50. The van der Waals surface area contributed by atoms with Crippen LogP contribution in [-0.4, -0.2) is 14.3 Å². The van der Waals surface area contributed by atoms with Crippen LogP contribution in [0.5, 0.6) is 0 Å². The maximum Gasteiger partial charge on any atom is 0 e. The van der Waals surface area contributed by atoms with Gasteiger partial charge in [0.1, 0.15) is 0 Å². The standard InChI is InChI=1S/C5H5.C3H9Ge.3CO.Mo/c1-2-4-5-3-1;1-4(2)3;3*1-2;/h1-5H;1-3H3;;;;/q-1;;;;;. The van der Waals surface area contributed by atoms with Gasteiger partial charge in [0, 0.05) is 21.1 Å². The molecular formula is C11H14GeMoO3-. The summed E-state index contributed by atoms with van der Waals surface area (Å²) in [5.41, 5.74) is 0. The van der Waals surface area contributed by atoms with Gasteiger partial charge in [0.05, 0.1) is 0 Å². The molecule has 1 radical (unpaired) electrons. The van der Waals surface area contributed by atoms with E-state index >= 15 is 0 Å². The normalized spacial score (nSPS) is 5.12. The van der Waals surface area contributed by atoms with Gasteiger partial charge in [0.2, 0.25) is 0 Å². The van der Waals surface area contributed by atoms with Crippen molar-refractivity contribution in [1.29, 1.82) is 0 Å². The Morgan fingerprint density at radius 3 is 1.06 bits per heavy atom. The quantitative estimate of drug-likeness (QED) is 0.387. The van der Waals surface area contributed by atoms with Gasteiger partial charge in [-0.2, -0.15) is 18.2 Å². The Labute approximate surface area is 117 Å². The molecule has 3 nitrogen and oxygen atoms in total. The number of hydrogen-bond acceptors (Lipinski definition) is 0. The zero-order valence-electron chi connectivity index (χ0n) is 9.52. The first-order valence-electron chi connectivity index (χ1n) is 3.78. The van der Waals surface area contributed by atoms with Gasteiger partial charge in [-0.1, -0.05) is 0 Å². The van der Waals surface area contributed by atoms with Crippen LogP contribution in [0.4, 0.5) is 0 Å². The molecule has 5 heteroatoms. The fraction of sp³-hybridized carbons (Fsp3) is 0.273. The van der Waals surface area contributed by atoms with Crippen molar-refractivity contribution < 1.29 is 35.0 Å². The summed E-state index contributed by atoms with van der Waals surface area (Å²) in [5, 5.41) is 0. The first-order valence-corrected chi connectivity index (χ1v) is 10.1. The van der Waals surface area contributed by atoms with Crippen molar-refractivity contribution in [2.45, 2.75) is 17.3 Å². The molecule has 0 aliphatic heterocycles. The van der Waals surface area contributed by atoms with Crippen LogP contribution < -0.4 is 0 Å². The van der Waals surface area contributed by atoms with E-state index < -0.39 is 0 Å². The van der Waals surface area contributed by atoms with E-state index in [1.807, 2.05) is 30.3 Å². The zero-order chi connectivity index (χ0) is 13.1. The summed E-state index contributed by atoms with van der Waals surface area (Å²) in [6.45, 7) is 13.5. The predicted molar refractivity (Wildman–Crippen MR) is 57.2 cm³/mol. The zero-order valence-corrected chi connectivity index (χ0v) is 13.6. The molecule has 0 fully saturated rings. The molecule has 0 heterocycles. The van der Waals surface area contributed by atoms with Gasteiger partial charge < -0.3 is 0 Å². The van der Waals surface area contributed by atoms with Crippen LogP contribution in [0, 0.1) is 20.0 Å². The molecule has 1 rings (SSSR count). The van der Waals surface area contributed by atoms with Crippen molar-refractivity contribution in [3.05, 3.63) is 50.3 Å². The molecule has 0 atom stereocenters. The van der Waals surface area contributed by atoms with Gasteiger partial charge in [-0.3, -0.25) is 0 Å². The molecule has 1 aromatic carbocycles. The predicted octanol–water partition coefficient (Wildman–Crippen LogP) is 2.66. The van der Waals surface area contributed by atoms with Crippen LogP contribution >= 0.6 is 0 Å². The van der Waals surface area contributed by atoms with E-state index in [9.17, 15) is 0 Å². The average molecular weight is 363 g/mol. The van der Waals surface area contributed by atoms with Crippen LogP contribution in [0.25, 0.3) is 0 Å². The molecule has 87 valence electrons. The van der Waals surface area contributed by atoms with Crippen molar-refractivity contribution in [3.8, 4) is 0 Å². The van der Waals surface area contributed by atoms with Gasteiger partial charge in [0.25, 0.3) is 0 Å². The molecular weight excluding hydrogens is 349 g/mol. The minimum absolute atomic E-state index is 0. The molecule has 0 spiro atoms. The van der Waals surface area contributed by atoms with E-state index in [1.54, 1.807) is 0 Å². The Morgan fingerprint density at radius 1 is 0.812 bits per heavy atom. The molecule has 0 bridgehead atoms. The maximum atomic E-state index is 7.50. The van der Waals surface area contributed by atoms with Crippen LogP contribution in [0.15, 0.2) is 30.3 Å². The van der Waals surface area contributed by atoms with Crippen molar-refractivity contribution in [2.24, 2.45) is 0 Å². The van der Waals surface area contributed by atoms with E-state index in [0.29, 0.717) is 0 Å². The Kier molecular flexibility index (Phi) is 85.9. The second-order valence-corrected chi connectivity index (χ2v) is 8.76. The van der Waals surface area contributed by atoms with E-state index in [-0.39, 0.29) is 35.4 Å². The van der Waals surface area contributed by atoms with E-state index in [2.05, 4.69) is 37.2 Å². The van der Waals surface area contributed by atoms with Crippen molar-refractivity contribution >= 4 is 14.3 Å². The summed E-state index contributed by atoms with van der Waals surface area (Å²) in [6, 6.07) is 10.0. The monoisotopic (exact) mass is 366 g/mol. The fourth-order valence-corrected chi connectivity index (χ4v) is 0.321. The largest absolute Gasteiger partial charge is 0.214 e. The molecule has 0 amide bonds. The smallest absolute Gasteiger partial charge is 0 e. The number of hydrogen-bond donors (Lipinski definition) is 0. The molecule has 0 N–H and O–H groups in total. The molecule has 1 aromatic rings. The second kappa shape index (κ2) is 46.3. The minimum atomic E-state index is -0.333. The Bertz CT molecular complexity index is 181. The van der Waals surface area contributed by atoms with Crippen molar-refractivity contribution in [3.63, 3.8) is 0 Å². The van der Waals surface area contributed by atoms with Gasteiger partial charge in [-0.25, -0.2) is 12.1 Å². The molecule has 0 aromatic heterocycles. The molecule has 0 aliphatic rings. The first-order chi connectivity index (χ1) is 7.23. The fourth-order valence-electron chi connectivity index (χ4n) is 0.321. The van der Waals surface area contributed by atoms with E-state index in [1.165, 1.54) is 0 Å². The van der Waals surface area contributed by atoms with Gasteiger partial charge in [0.15, 0.2) is 0 Å². The van der Waals surface area contributed by atoms with Crippen molar-refractivity contribution in [1.82, 2.24) is 0 Å². The molecule has 0 saturated heterocycles. The molecule has 0 aliphatic carbocycles. The van der Waals surface area contributed by atoms with Crippen LogP contribution in [0.2, 0.25) is 17.3 Å². The number of rotatable bonds is 0. The summed E-state index contributed by atoms with van der Waals surface area (Å²) in [7, 11) is 0. The first kappa shape index (κ1) is 29.7. The van der Waals surface area contributed by atoms with Crippen LogP contribution in [-0.2, 0) is 35.0 Å². The summed E-state index contributed by atoms with van der Waals surface area (Å²) < 4.78 is 22.5. The molecule has 16 heavy (non-hydrogen) atoms. The molecule has 0 saturated carbocycles. The van der Waals surface area contributed by atoms with Gasteiger partial charge in [-0.05, 0) is 0 Å². The summed E-state index contributed by atoms with van der Waals surface area (Å²) in [6.07, 6.45) is 0. The minimum Gasteiger partial charge on any atom is -0.214 e. The second-order valence-electron chi connectivity index (χ2n) is 2.46. The SMILES string of the molecule is [C-]#[O+].[C-]#[O+].[C-]#[O+].[CH3][Ge]([CH3])[CH3].[Mo].c1cc[cH-]c1. The van der Waals surface area contributed by atoms with Crippen LogP contribution in [0.3, 0.4) is 0 Å². The van der Waals surface area contributed by atoms with Gasteiger partial charge >= 0.3 is 65.5 Å². The van der Waals surface area contributed by atoms with Gasteiger partial charge in [-0.15, -0.1) is 0 Å². The third-order valence-electron chi connectivity index (χ3n) is 0.556. The van der Waals surface area contributed by atoms with E-state index in [4.69, 9.17) is 14.0 Å². The Hall–Kier alpha value is -0.199. The Balaban J connectivity index is -0.0000000337. The van der Waals surface area contributed by atoms with Crippen LogP contribution in [0.1, 0.15) is 0 Å². The Morgan fingerprint density at radius 2 is 1.00 bits per heavy atom. The third-order valence-corrected chi connectivity index (χ3v) is 0.556. The summed E-state index contributed by atoms with van der Waals surface area (Å²) in [4.78, 5) is 0. The van der Waals surface area contributed by atoms with Crippen molar-refractivity contribution in [2.75, 3.05) is 0 Å². The molecule has 0 unspecified atom stereocenters. The third kappa shape index (κ3) is 98.1. The average Bonchev–Trinajstić information content (AvgIpc) is 2.83. The van der Waals surface area contributed by atoms with E-state index in [0.717, 1.165) is 0 Å². The topological polar surface area (TPSA) is 59.7 Å². The summed E-state index contributed by atoms with van der Waals surface area (Å²) >= 11 is -0.333.